The molecule has 0 aromatic rings. The summed E-state index contributed by atoms with van der Waals surface area (Å²) in [6.45, 7) is 3.76. The van der Waals surface area contributed by atoms with Gasteiger partial charge in [-0.05, 0) is 6.04 Å². The molecule has 0 saturated carbocycles. The molecular weight excluding hydrogens is 244 g/mol. The molecule has 1 atom stereocenters. The van der Waals surface area contributed by atoms with Crippen LogP contribution in [0.25, 0.3) is 0 Å². The number of hydrogen-bond donors (Lipinski definition) is 0. The molecule has 1 unspecified atom stereocenters. The SMILES string of the molecule is CCCC[Si]1(OC(C)=O)CO[SiH2][SiH2][SiH2]1. The second-order valence-electron chi connectivity index (χ2n) is 4.04. The first-order chi connectivity index (χ1) is 6.68. The molecule has 1 aliphatic rings. The van der Waals surface area contributed by atoms with Gasteiger partial charge in [-0.2, -0.15) is 0 Å². The molecule has 82 valence electrons. The van der Waals surface area contributed by atoms with Crippen LogP contribution in [0.15, 0.2) is 0 Å². The molecular formula is C7H20O3Si4. The first-order valence-electron chi connectivity index (χ1n) is 5.46. The number of carbonyl (C=O) groups excluding carboxylic acids is 1. The van der Waals surface area contributed by atoms with Crippen LogP contribution in [-0.2, 0) is 13.6 Å². The predicted molar refractivity (Wildman–Crippen MR) is 68.8 cm³/mol. The first-order valence-corrected chi connectivity index (χ1v) is 18.7. The van der Waals surface area contributed by atoms with Crippen LogP contribution in [0, 0.1) is 0 Å². The average molecular weight is 265 g/mol. The molecule has 0 amide bonds. The van der Waals surface area contributed by atoms with Crippen LogP contribution in [0.3, 0.4) is 0 Å². The number of carbonyl (C=O) groups is 1. The van der Waals surface area contributed by atoms with E-state index in [0.29, 0.717) is 0 Å². The van der Waals surface area contributed by atoms with E-state index in [1.54, 1.807) is 6.92 Å². The van der Waals surface area contributed by atoms with E-state index in [0.717, 1.165) is 6.23 Å². The van der Waals surface area contributed by atoms with Gasteiger partial charge in [0.25, 0.3) is 13.8 Å². The van der Waals surface area contributed by atoms with Gasteiger partial charge in [-0.1, -0.05) is 19.8 Å². The molecule has 14 heavy (non-hydrogen) atoms. The van der Waals surface area contributed by atoms with Gasteiger partial charge in [0, 0.05) is 15.5 Å². The molecule has 1 aliphatic heterocycles. The summed E-state index contributed by atoms with van der Waals surface area (Å²) in [4.78, 5) is 11.1. The van der Waals surface area contributed by atoms with Gasteiger partial charge in [-0.15, -0.1) is 0 Å². The quantitative estimate of drug-likeness (QED) is 0.587. The van der Waals surface area contributed by atoms with Crippen molar-refractivity contribution in [1.82, 2.24) is 0 Å². The van der Waals surface area contributed by atoms with Crippen molar-refractivity contribution in [3.05, 3.63) is 0 Å². The van der Waals surface area contributed by atoms with E-state index in [1.807, 2.05) is 0 Å². The lowest BCUT2D eigenvalue weighted by molar-refractivity contribution is -0.132. The van der Waals surface area contributed by atoms with Crippen molar-refractivity contribution >= 4 is 40.2 Å². The minimum atomic E-state index is -1.60. The molecule has 0 radical (unpaired) electrons. The number of hydrogen-bond acceptors (Lipinski definition) is 3. The van der Waals surface area contributed by atoms with Crippen LogP contribution in [-0.4, -0.2) is 46.4 Å². The summed E-state index contributed by atoms with van der Waals surface area (Å²) in [5.74, 6) is -0.0542. The van der Waals surface area contributed by atoms with Gasteiger partial charge in [0.15, 0.2) is 0 Å². The number of rotatable bonds is 4. The maximum absolute atomic E-state index is 11.1. The highest BCUT2D eigenvalue weighted by molar-refractivity contribution is 7.52. The van der Waals surface area contributed by atoms with Gasteiger partial charge in [-0.3, -0.25) is 4.79 Å². The molecule has 1 fully saturated rings. The molecule has 1 saturated heterocycles. The van der Waals surface area contributed by atoms with Gasteiger partial charge < -0.3 is 8.85 Å². The normalized spacial score (nSPS) is 32.4. The lowest BCUT2D eigenvalue weighted by Gasteiger charge is -2.33. The first kappa shape index (κ1) is 12.4. The summed E-state index contributed by atoms with van der Waals surface area (Å²) in [7, 11) is -1.48. The summed E-state index contributed by atoms with van der Waals surface area (Å²) in [6, 6.07) is 1.19. The third-order valence-electron chi connectivity index (χ3n) is 2.63. The Bertz CT molecular complexity index is 193. The summed E-state index contributed by atoms with van der Waals surface area (Å²) in [5, 5.41) is 0. The second kappa shape index (κ2) is 6.01. The Morgan fingerprint density at radius 3 is 2.93 bits per heavy atom. The third-order valence-corrected chi connectivity index (χ3v) is 39.0. The van der Waals surface area contributed by atoms with Crippen molar-refractivity contribution in [2.45, 2.75) is 32.7 Å². The van der Waals surface area contributed by atoms with E-state index in [2.05, 4.69) is 6.92 Å². The predicted octanol–water partition coefficient (Wildman–Crippen LogP) is -1.39. The van der Waals surface area contributed by atoms with Crippen LogP contribution in [0.2, 0.25) is 6.04 Å². The van der Waals surface area contributed by atoms with Crippen molar-refractivity contribution in [2.75, 3.05) is 6.23 Å². The van der Waals surface area contributed by atoms with E-state index in [-0.39, 0.29) is 32.4 Å². The molecule has 1 heterocycles. The average Bonchev–Trinajstić information content (AvgIpc) is 2.15. The largest absolute Gasteiger partial charge is 0.521 e. The summed E-state index contributed by atoms with van der Waals surface area (Å²) >= 11 is 0. The van der Waals surface area contributed by atoms with E-state index in [1.165, 1.54) is 18.9 Å². The third kappa shape index (κ3) is 3.81. The smallest absolute Gasteiger partial charge is 0.289 e. The molecule has 0 aromatic carbocycles. The van der Waals surface area contributed by atoms with E-state index in [4.69, 9.17) is 8.85 Å². The Kier molecular flexibility index (Phi) is 5.31. The van der Waals surface area contributed by atoms with Crippen molar-refractivity contribution in [1.29, 1.82) is 0 Å². The van der Waals surface area contributed by atoms with Crippen LogP contribution in [0.4, 0.5) is 0 Å². The maximum atomic E-state index is 11.1. The molecule has 7 heteroatoms. The minimum absolute atomic E-state index is 0.0240. The van der Waals surface area contributed by atoms with Crippen molar-refractivity contribution in [3.8, 4) is 0 Å². The zero-order chi connectivity index (χ0) is 10.4. The molecule has 3 nitrogen and oxygen atoms in total. The summed E-state index contributed by atoms with van der Waals surface area (Å²) < 4.78 is 11.4. The minimum Gasteiger partial charge on any atom is -0.521 e. The summed E-state index contributed by atoms with van der Waals surface area (Å²) in [6.07, 6.45) is 3.31. The topological polar surface area (TPSA) is 35.5 Å². The summed E-state index contributed by atoms with van der Waals surface area (Å²) in [5.41, 5.74) is 0. The zero-order valence-corrected chi connectivity index (χ0v) is 14.4. The Morgan fingerprint density at radius 1 is 1.64 bits per heavy atom. The van der Waals surface area contributed by atoms with Gasteiger partial charge in [0.2, 0.25) is 0 Å². The van der Waals surface area contributed by atoms with E-state index < -0.39 is 7.83 Å². The van der Waals surface area contributed by atoms with Gasteiger partial charge in [-0.25, -0.2) is 0 Å². The highest BCUT2D eigenvalue weighted by atomic mass is 29.7. The molecule has 0 spiro atoms. The van der Waals surface area contributed by atoms with E-state index in [9.17, 15) is 4.79 Å². The standard InChI is InChI=1S/C7H20O3Si4/c1-3-4-5-14(10-7(2)8)6-9-11-12-13-14/h3-6,11-13H2,1-2H3. The van der Waals surface area contributed by atoms with Crippen molar-refractivity contribution in [3.63, 3.8) is 0 Å². The highest BCUT2D eigenvalue weighted by Crippen LogP contribution is 2.17. The van der Waals surface area contributed by atoms with Crippen molar-refractivity contribution < 1.29 is 13.6 Å². The maximum Gasteiger partial charge on any atom is 0.289 e. The van der Waals surface area contributed by atoms with E-state index >= 15 is 0 Å². The fourth-order valence-electron chi connectivity index (χ4n) is 1.96. The zero-order valence-electron chi connectivity index (χ0n) is 9.17. The second-order valence-corrected chi connectivity index (χ2v) is 29.0. The molecule has 0 N–H and O–H groups in total. The number of unbranched alkanes of at least 4 members (excludes halogenated alkanes) is 1. The van der Waals surface area contributed by atoms with Crippen LogP contribution in [0.1, 0.15) is 26.7 Å². The van der Waals surface area contributed by atoms with Gasteiger partial charge in [0.1, 0.15) is 9.28 Å². The highest BCUT2D eigenvalue weighted by Gasteiger charge is 2.39. The van der Waals surface area contributed by atoms with Crippen molar-refractivity contribution in [2.24, 2.45) is 0 Å². The van der Waals surface area contributed by atoms with Crippen LogP contribution < -0.4 is 0 Å². The lowest BCUT2D eigenvalue weighted by atomic mass is 10.4. The van der Waals surface area contributed by atoms with Gasteiger partial charge in [0.05, 0.1) is 14.8 Å². The lowest BCUT2D eigenvalue weighted by Crippen LogP contribution is -2.58. The molecule has 0 aromatic heterocycles. The Hall–Kier alpha value is 0.298. The van der Waals surface area contributed by atoms with Crippen LogP contribution in [0.5, 0.6) is 0 Å². The molecule has 0 bridgehead atoms. The molecule has 0 aliphatic carbocycles. The van der Waals surface area contributed by atoms with Crippen LogP contribution >= 0.6 is 0 Å². The fraction of sp³-hybridized carbons (Fsp3) is 0.857. The molecule has 1 rings (SSSR count). The fourth-order valence-corrected chi connectivity index (χ4v) is 50.5. The Morgan fingerprint density at radius 2 is 2.43 bits per heavy atom. The Balaban J connectivity index is 2.52. The monoisotopic (exact) mass is 264 g/mol. The Labute approximate surface area is 93.0 Å². The van der Waals surface area contributed by atoms with Gasteiger partial charge >= 0.3 is 0 Å².